The van der Waals surface area contributed by atoms with Gasteiger partial charge >= 0.3 is 6.09 Å². The highest BCUT2D eigenvalue weighted by atomic mass is 19.1. The van der Waals surface area contributed by atoms with Crippen LogP contribution in [-0.2, 0) is 11.3 Å². The number of nitrogens with zero attached hydrogens (tertiary/aromatic N) is 2. The van der Waals surface area contributed by atoms with E-state index in [0.29, 0.717) is 12.3 Å². The fourth-order valence-corrected chi connectivity index (χ4v) is 4.48. The molecule has 2 heterocycles. The normalized spacial score (nSPS) is 16.1. The summed E-state index contributed by atoms with van der Waals surface area (Å²) >= 11 is 0. The fraction of sp³-hybridized carbons (Fsp3) is 0.296. The predicted molar refractivity (Wildman–Crippen MR) is 130 cm³/mol. The van der Waals surface area contributed by atoms with Crippen molar-refractivity contribution in [3.8, 4) is 11.5 Å². The number of ether oxygens (including phenoxy) is 3. The second kappa shape index (κ2) is 10.7. The van der Waals surface area contributed by atoms with Crippen LogP contribution in [0.1, 0.15) is 17.2 Å². The number of alkyl carbamates (subject to hydrolysis) is 1. The van der Waals surface area contributed by atoms with Crippen LogP contribution in [-0.4, -0.2) is 50.5 Å². The Morgan fingerprint density at radius 2 is 1.69 bits per heavy atom. The van der Waals surface area contributed by atoms with Gasteiger partial charge in [0.15, 0.2) is 11.5 Å². The molecule has 0 radical (unpaired) electrons. The standard InChI is InChI=1S/C27H28FN3O4/c28-22-7-9-23(10-8-22)30-12-14-31(15-13-30)24(21-6-11-25-26(16-21)35-19-34-25)17-29-27(32)33-18-20-4-2-1-3-5-20/h1-11,16,24H,12-15,17-19H2,(H,29,32)/t24-/m1/s1. The second-order valence-corrected chi connectivity index (χ2v) is 8.57. The maximum absolute atomic E-state index is 13.3. The molecule has 1 saturated heterocycles. The Morgan fingerprint density at radius 3 is 2.46 bits per heavy atom. The van der Waals surface area contributed by atoms with Crippen LogP contribution in [0.3, 0.4) is 0 Å². The van der Waals surface area contributed by atoms with Gasteiger partial charge in [-0.1, -0.05) is 36.4 Å². The summed E-state index contributed by atoms with van der Waals surface area (Å²) in [6, 6.07) is 22.0. The lowest BCUT2D eigenvalue weighted by Crippen LogP contribution is -2.50. The molecule has 1 atom stereocenters. The topological polar surface area (TPSA) is 63.3 Å². The van der Waals surface area contributed by atoms with Crippen molar-refractivity contribution in [1.29, 1.82) is 0 Å². The second-order valence-electron chi connectivity index (χ2n) is 8.57. The van der Waals surface area contributed by atoms with E-state index in [4.69, 9.17) is 14.2 Å². The van der Waals surface area contributed by atoms with Crippen molar-refractivity contribution >= 4 is 11.8 Å². The van der Waals surface area contributed by atoms with Gasteiger partial charge in [-0.3, -0.25) is 4.90 Å². The van der Waals surface area contributed by atoms with Crippen LogP contribution in [0, 0.1) is 5.82 Å². The quantitative estimate of drug-likeness (QED) is 0.546. The lowest BCUT2D eigenvalue weighted by molar-refractivity contribution is 0.130. The average Bonchev–Trinajstić information content (AvgIpc) is 3.37. The van der Waals surface area contributed by atoms with Crippen molar-refractivity contribution in [3.05, 3.63) is 89.7 Å². The van der Waals surface area contributed by atoms with E-state index in [2.05, 4.69) is 15.1 Å². The number of hydrogen-bond acceptors (Lipinski definition) is 6. The summed E-state index contributed by atoms with van der Waals surface area (Å²) < 4.78 is 29.8. The first-order valence-electron chi connectivity index (χ1n) is 11.7. The molecule has 5 rings (SSSR count). The number of anilines is 1. The van der Waals surface area contributed by atoms with E-state index in [-0.39, 0.29) is 25.3 Å². The molecular formula is C27H28FN3O4. The van der Waals surface area contributed by atoms with Gasteiger partial charge < -0.3 is 24.4 Å². The Hall–Kier alpha value is -3.78. The van der Waals surface area contributed by atoms with Crippen molar-refractivity contribution < 1.29 is 23.4 Å². The highest BCUT2D eigenvalue weighted by molar-refractivity contribution is 5.67. The van der Waals surface area contributed by atoms with E-state index in [1.165, 1.54) is 12.1 Å². The molecule has 1 N–H and O–H groups in total. The Balaban J connectivity index is 1.24. The molecule has 3 aromatic carbocycles. The highest BCUT2D eigenvalue weighted by Gasteiger charge is 2.27. The molecular weight excluding hydrogens is 449 g/mol. The Kier molecular flexibility index (Phi) is 6.99. The Bertz CT molecular complexity index is 1130. The van der Waals surface area contributed by atoms with Crippen LogP contribution in [0.4, 0.5) is 14.9 Å². The lowest BCUT2D eigenvalue weighted by Gasteiger charge is -2.40. The third-order valence-electron chi connectivity index (χ3n) is 6.38. The van der Waals surface area contributed by atoms with Gasteiger partial charge in [0.1, 0.15) is 12.4 Å². The van der Waals surface area contributed by atoms with Crippen LogP contribution in [0.2, 0.25) is 0 Å². The van der Waals surface area contributed by atoms with Crippen LogP contribution in [0.15, 0.2) is 72.8 Å². The molecule has 8 heteroatoms. The average molecular weight is 478 g/mol. The molecule has 1 fully saturated rings. The summed E-state index contributed by atoms with van der Waals surface area (Å²) in [6.45, 7) is 4.00. The molecule has 1 amide bonds. The fourth-order valence-electron chi connectivity index (χ4n) is 4.48. The number of carbonyl (C=O) groups excluding carboxylic acids is 1. The molecule has 3 aromatic rings. The van der Waals surface area contributed by atoms with Gasteiger partial charge in [-0.15, -0.1) is 0 Å². The largest absolute Gasteiger partial charge is 0.454 e. The van der Waals surface area contributed by atoms with Gasteiger partial charge in [0, 0.05) is 38.4 Å². The van der Waals surface area contributed by atoms with Gasteiger partial charge in [-0.05, 0) is 47.5 Å². The van der Waals surface area contributed by atoms with E-state index in [1.807, 2.05) is 60.7 Å². The van der Waals surface area contributed by atoms with Gasteiger partial charge in [0.25, 0.3) is 0 Å². The number of nitrogens with one attached hydrogen (secondary N) is 1. The number of piperazine rings is 1. The van der Waals surface area contributed by atoms with Gasteiger partial charge in [-0.2, -0.15) is 0 Å². The lowest BCUT2D eigenvalue weighted by atomic mass is 10.0. The first kappa shape index (κ1) is 23.0. The third-order valence-corrected chi connectivity index (χ3v) is 6.38. The summed E-state index contributed by atoms with van der Waals surface area (Å²) in [5.41, 5.74) is 2.98. The minimum Gasteiger partial charge on any atom is -0.454 e. The van der Waals surface area contributed by atoms with Gasteiger partial charge in [0.05, 0.1) is 6.04 Å². The zero-order chi connectivity index (χ0) is 24.0. The summed E-state index contributed by atoms with van der Waals surface area (Å²) in [7, 11) is 0. The number of benzene rings is 3. The summed E-state index contributed by atoms with van der Waals surface area (Å²) in [6.07, 6.45) is -0.454. The third kappa shape index (κ3) is 5.66. The SMILES string of the molecule is O=C(NC[C@H](c1ccc2c(c1)OCO2)N1CCN(c2ccc(F)cc2)CC1)OCc1ccccc1. The van der Waals surface area contributed by atoms with Crippen molar-refractivity contribution in [2.45, 2.75) is 12.6 Å². The van der Waals surface area contributed by atoms with E-state index in [9.17, 15) is 9.18 Å². The molecule has 7 nitrogen and oxygen atoms in total. The van der Waals surface area contributed by atoms with Crippen molar-refractivity contribution in [1.82, 2.24) is 10.2 Å². The van der Waals surface area contributed by atoms with E-state index >= 15 is 0 Å². The summed E-state index contributed by atoms with van der Waals surface area (Å²) in [5.74, 6) is 1.20. The minimum atomic E-state index is -0.454. The summed E-state index contributed by atoms with van der Waals surface area (Å²) in [4.78, 5) is 17.0. The number of halogens is 1. The number of amides is 1. The Labute approximate surface area is 204 Å². The van der Waals surface area contributed by atoms with Crippen molar-refractivity contribution in [2.75, 3.05) is 44.4 Å². The monoisotopic (exact) mass is 477 g/mol. The summed E-state index contributed by atoms with van der Waals surface area (Å²) in [5, 5.41) is 2.94. The van der Waals surface area contributed by atoms with Crippen LogP contribution < -0.4 is 19.7 Å². The van der Waals surface area contributed by atoms with Crippen LogP contribution >= 0.6 is 0 Å². The highest BCUT2D eigenvalue weighted by Crippen LogP contribution is 2.35. The van der Waals surface area contributed by atoms with Gasteiger partial charge in [0.2, 0.25) is 6.79 Å². The molecule has 0 unspecified atom stereocenters. The molecule has 0 saturated carbocycles. The van der Waals surface area contributed by atoms with Crippen LogP contribution in [0.25, 0.3) is 0 Å². The minimum absolute atomic E-state index is 0.0656. The first-order valence-corrected chi connectivity index (χ1v) is 11.7. The zero-order valence-electron chi connectivity index (χ0n) is 19.4. The molecule has 0 aliphatic carbocycles. The smallest absolute Gasteiger partial charge is 0.407 e. The van der Waals surface area contributed by atoms with E-state index in [1.54, 1.807) is 0 Å². The molecule has 0 aromatic heterocycles. The van der Waals surface area contributed by atoms with E-state index < -0.39 is 6.09 Å². The number of fused-ring (bicyclic) bond motifs is 1. The molecule has 182 valence electrons. The molecule has 2 aliphatic heterocycles. The Morgan fingerprint density at radius 1 is 0.943 bits per heavy atom. The van der Waals surface area contributed by atoms with Gasteiger partial charge in [-0.25, -0.2) is 9.18 Å². The molecule has 0 bridgehead atoms. The first-order chi connectivity index (χ1) is 17.2. The van der Waals surface area contributed by atoms with Crippen molar-refractivity contribution in [2.24, 2.45) is 0 Å². The van der Waals surface area contributed by atoms with Crippen molar-refractivity contribution in [3.63, 3.8) is 0 Å². The van der Waals surface area contributed by atoms with E-state index in [0.717, 1.165) is 48.7 Å². The van der Waals surface area contributed by atoms with Crippen LogP contribution in [0.5, 0.6) is 11.5 Å². The number of hydrogen-bond donors (Lipinski definition) is 1. The maximum atomic E-state index is 13.3. The maximum Gasteiger partial charge on any atom is 0.407 e. The predicted octanol–water partition coefficient (Wildman–Crippen LogP) is 4.34. The molecule has 0 spiro atoms. The molecule has 35 heavy (non-hydrogen) atoms. The molecule has 2 aliphatic rings. The number of carbonyl (C=O) groups is 1. The number of rotatable bonds is 7. The zero-order valence-corrected chi connectivity index (χ0v) is 19.4.